The fourth-order valence-corrected chi connectivity index (χ4v) is 3.44. The van der Waals surface area contributed by atoms with Gasteiger partial charge in [0.25, 0.3) is 17.3 Å². The highest BCUT2D eigenvalue weighted by Gasteiger charge is 2.20. The molecule has 0 saturated heterocycles. The van der Waals surface area contributed by atoms with Crippen LogP contribution < -0.4 is 5.32 Å². The Labute approximate surface area is 184 Å². The molecule has 0 aliphatic heterocycles. The normalized spacial score (nSPS) is 11.1. The van der Waals surface area contributed by atoms with Crippen LogP contribution in [-0.2, 0) is 13.0 Å². The van der Waals surface area contributed by atoms with E-state index in [1.54, 1.807) is 0 Å². The van der Waals surface area contributed by atoms with Crippen molar-refractivity contribution in [2.24, 2.45) is 0 Å². The number of carbonyl (C=O) groups excluding carboxylic acids is 1. The summed E-state index contributed by atoms with van der Waals surface area (Å²) in [7, 11) is 4.03. The minimum Gasteiger partial charge on any atom is -0.352 e. The van der Waals surface area contributed by atoms with Gasteiger partial charge in [-0.2, -0.15) is 0 Å². The topological polar surface area (TPSA) is 136 Å². The zero-order valence-corrected chi connectivity index (χ0v) is 17.9. The molecular weight excluding hydrogens is 416 g/mol. The Morgan fingerprint density at radius 3 is 2.38 bits per heavy atom. The minimum absolute atomic E-state index is 0.134. The van der Waals surface area contributed by atoms with E-state index in [4.69, 9.17) is 0 Å². The highest BCUT2D eigenvalue weighted by molar-refractivity contribution is 5.95. The van der Waals surface area contributed by atoms with Gasteiger partial charge in [-0.1, -0.05) is 12.1 Å². The molecule has 0 atom stereocenters. The Bertz CT molecular complexity index is 1120. The third-order valence-electron chi connectivity index (χ3n) is 4.94. The first-order valence-corrected chi connectivity index (χ1v) is 10.1. The molecule has 1 aromatic heterocycles. The van der Waals surface area contributed by atoms with Crippen LogP contribution in [0.3, 0.4) is 0 Å². The Balaban J connectivity index is 1.73. The van der Waals surface area contributed by atoms with Crippen molar-refractivity contribution in [1.82, 2.24) is 19.8 Å². The van der Waals surface area contributed by atoms with Crippen LogP contribution in [0.5, 0.6) is 0 Å². The summed E-state index contributed by atoms with van der Waals surface area (Å²) in [4.78, 5) is 39.8. The molecule has 0 aliphatic carbocycles. The monoisotopic (exact) mass is 440 g/mol. The number of hydrogen-bond donors (Lipinski definition) is 1. The van der Waals surface area contributed by atoms with Crippen LogP contribution in [0.15, 0.2) is 42.5 Å². The van der Waals surface area contributed by atoms with Gasteiger partial charge in [-0.3, -0.25) is 25.0 Å². The zero-order valence-electron chi connectivity index (χ0n) is 17.9. The third kappa shape index (κ3) is 5.43. The van der Waals surface area contributed by atoms with Crippen LogP contribution in [0.25, 0.3) is 11.0 Å². The number of benzene rings is 2. The second kappa shape index (κ2) is 9.96. The van der Waals surface area contributed by atoms with Crippen LogP contribution in [0.1, 0.15) is 22.6 Å². The van der Waals surface area contributed by atoms with Crippen molar-refractivity contribution < 1.29 is 14.6 Å². The fraction of sp³-hybridized carbons (Fsp3) is 0.333. The van der Waals surface area contributed by atoms with Crippen molar-refractivity contribution in [1.29, 1.82) is 0 Å². The van der Waals surface area contributed by atoms with E-state index in [0.717, 1.165) is 54.6 Å². The number of amides is 1. The maximum Gasteiger partial charge on any atom is 0.277 e. The highest BCUT2D eigenvalue weighted by atomic mass is 16.6. The first-order valence-electron chi connectivity index (χ1n) is 10.1. The van der Waals surface area contributed by atoms with Gasteiger partial charge in [0.1, 0.15) is 5.82 Å². The number of aromatic nitrogens is 2. The standard InChI is InChI=1S/C21H24N6O5/c1-24(2)10-5-11-25-19-7-4-3-6-18(19)23-20(25)8-9-22-21(28)15-12-16(26(29)30)14-17(13-15)27(31)32/h3-4,6-7,12-14H,5,8-11H2,1-2H3,(H,22,28). The Kier molecular flexibility index (Phi) is 7.11. The molecule has 2 aromatic carbocycles. The van der Waals surface area contributed by atoms with Gasteiger partial charge >= 0.3 is 0 Å². The fourth-order valence-electron chi connectivity index (χ4n) is 3.44. The van der Waals surface area contributed by atoms with E-state index < -0.39 is 27.1 Å². The number of carbonyl (C=O) groups is 1. The molecule has 0 saturated carbocycles. The summed E-state index contributed by atoms with van der Waals surface area (Å²) >= 11 is 0. The van der Waals surface area contributed by atoms with Gasteiger partial charge in [-0.05, 0) is 39.2 Å². The van der Waals surface area contributed by atoms with Crippen LogP contribution in [0.2, 0.25) is 0 Å². The molecule has 1 amide bonds. The average molecular weight is 440 g/mol. The molecule has 0 radical (unpaired) electrons. The molecule has 0 spiro atoms. The summed E-state index contributed by atoms with van der Waals surface area (Å²) in [5, 5.41) is 24.8. The van der Waals surface area contributed by atoms with Gasteiger partial charge < -0.3 is 14.8 Å². The molecule has 0 fully saturated rings. The first-order chi connectivity index (χ1) is 15.3. The van der Waals surface area contributed by atoms with Crippen molar-refractivity contribution in [3.63, 3.8) is 0 Å². The van der Waals surface area contributed by atoms with Gasteiger partial charge in [-0.25, -0.2) is 4.98 Å². The number of nitrogens with one attached hydrogen (secondary N) is 1. The Morgan fingerprint density at radius 2 is 1.75 bits per heavy atom. The van der Waals surface area contributed by atoms with Crippen molar-refractivity contribution >= 4 is 28.3 Å². The lowest BCUT2D eigenvalue weighted by molar-refractivity contribution is -0.394. The summed E-state index contributed by atoms with van der Waals surface area (Å²) in [6.45, 7) is 1.93. The summed E-state index contributed by atoms with van der Waals surface area (Å²) in [6, 6.07) is 10.7. The highest BCUT2D eigenvalue weighted by Crippen LogP contribution is 2.23. The molecule has 11 nitrogen and oxygen atoms in total. The molecule has 0 bridgehead atoms. The molecule has 3 rings (SSSR count). The SMILES string of the molecule is CN(C)CCCn1c(CCNC(=O)c2cc([N+](=O)[O-])cc([N+](=O)[O-])c2)nc2ccccc21. The minimum atomic E-state index is -0.764. The Hall–Kier alpha value is -3.86. The van der Waals surface area contributed by atoms with E-state index in [2.05, 4.69) is 19.8 Å². The van der Waals surface area contributed by atoms with Gasteiger partial charge in [0.15, 0.2) is 0 Å². The van der Waals surface area contributed by atoms with E-state index in [0.29, 0.717) is 6.42 Å². The van der Waals surface area contributed by atoms with Gasteiger partial charge in [0.2, 0.25) is 0 Å². The maximum atomic E-state index is 12.5. The van der Waals surface area contributed by atoms with Crippen molar-refractivity contribution in [3.8, 4) is 0 Å². The van der Waals surface area contributed by atoms with Gasteiger partial charge in [0.05, 0.1) is 32.5 Å². The maximum absolute atomic E-state index is 12.5. The first kappa shape index (κ1) is 22.8. The van der Waals surface area contributed by atoms with E-state index in [1.807, 2.05) is 38.4 Å². The zero-order chi connectivity index (χ0) is 23.3. The number of nitrogens with zero attached hydrogens (tertiary/aromatic N) is 5. The molecule has 11 heteroatoms. The van der Waals surface area contributed by atoms with Crippen LogP contribution in [-0.4, -0.2) is 57.4 Å². The number of fused-ring (bicyclic) bond motifs is 1. The number of para-hydroxylation sites is 2. The predicted molar refractivity (Wildman–Crippen MR) is 119 cm³/mol. The third-order valence-corrected chi connectivity index (χ3v) is 4.94. The van der Waals surface area contributed by atoms with E-state index in [1.165, 1.54) is 0 Å². The summed E-state index contributed by atoms with van der Waals surface area (Å²) in [5.41, 5.74) is 0.735. The van der Waals surface area contributed by atoms with Crippen molar-refractivity contribution in [2.75, 3.05) is 27.2 Å². The lowest BCUT2D eigenvalue weighted by Gasteiger charge is -2.13. The van der Waals surface area contributed by atoms with Crippen LogP contribution in [0.4, 0.5) is 11.4 Å². The molecule has 1 heterocycles. The van der Waals surface area contributed by atoms with E-state index in [-0.39, 0.29) is 12.1 Å². The number of nitro groups is 2. The smallest absolute Gasteiger partial charge is 0.277 e. The lowest BCUT2D eigenvalue weighted by Crippen LogP contribution is -2.26. The second-order valence-electron chi connectivity index (χ2n) is 7.58. The number of aryl methyl sites for hydroxylation is 1. The lowest BCUT2D eigenvalue weighted by atomic mass is 10.1. The Morgan fingerprint density at radius 1 is 1.09 bits per heavy atom. The predicted octanol–water partition coefficient (Wildman–Crippen LogP) is 2.78. The molecular formula is C21H24N6O5. The number of imidazole rings is 1. The molecule has 3 aromatic rings. The molecule has 0 aliphatic rings. The number of hydrogen-bond acceptors (Lipinski definition) is 7. The van der Waals surface area contributed by atoms with Crippen molar-refractivity contribution in [3.05, 3.63) is 74.1 Å². The summed E-state index contributed by atoms with van der Waals surface area (Å²) in [5.74, 6) is 0.197. The average Bonchev–Trinajstić information content (AvgIpc) is 3.10. The quantitative estimate of drug-likeness (QED) is 0.378. The largest absolute Gasteiger partial charge is 0.352 e. The van der Waals surface area contributed by atoms with E-state index in [9.17, 15) is 25.0 Å². The number of nitro benzene ring substituents is 2. The summed E-state index contributed by atoms with van der Waals surface area (Å²) < 4.78 is 2.13. The molecule has 32 heavy (non-hydrogen) atoms. The number of non-ortho nitro benzene ring substituents is 2. The van der Waals surface area contributed by atoms with Crippen LogP contribution >= 0.6 is 0 Å². The van der Waals surface area contributed by atoms with E-state index >= 15 is 0 Å². The second-order valence-corrected chi connectivity index (χ2v) is 7.58. The van der Waals surface area contributed by atoms with Gasteiger partial charge in [0, 0.05) is 31.6 Å². The van der Waals surface area contributed by atoms with Crippen LogP contribution in [0, 0.1) is 20.2 Å². The molecule has 1 N–H and O–H groups in total. The molecule has 0 unspecified atom stereocenters. The number of rotatable bonds is 10. The van der Waals surface area contributed by atoms with Crippen molar-refractivity contribution in [2.45, 2.75) is 19.4 Å². The molecule has 168 valence electrons. The summed E-state index contributed by atoms with van der Waals surface area (Å²) in [6.07, 6.45) is 1.38. The van der Waals surface area contributed by atoms with Gasteiger partial charge in [-0.15, -0.1) is 0 Å².